The summed E-state index contributed by atoms with van der Waals surface area (Å²) in [7, 11) is 0. The van der Waals surface area contributed by atoms with Crippen molar-refractivity contribution in [2.24, 2.45) is 0 Å². The second kappa shape index (κ2) is 22.2. The van der Waals surface area contributed by atoms with Gasteiger partial charge in [-0.25, -0.2) is 0 Å². The molecule has 5 atom stereocenters. The Hall–Kier alpha value is -5.00. The summed E-state index contributed by atoms with van der Waals surface area (Å²) in [6, 6.07) is 41.4. The fourth-order valence-electron chi connectivity index (χ4n) is 6.84. The number of benzene rings is 5. The molecule has 1 heterocycles. The van der Waals surface area contributed by atoms with Crippen molar-refractivity contribution in [3.05, 3.63) is 178 Å². The van der Waals surface area contributed by atoms with Crippen LogP contribution in [0.3, 0.4) is 0 Å². The number of hydrogen-bond acceptors (Lipinski definition) is 9. The van der Waals surface area contributed by atoms with E-state index in [1.54, 1.807) is 18.2 Å². The lowest BCUT2D eigenvalue weighted by Gasteiger charge is -2.46. The SMILES string of the molecule is CCOc1ccc(Cc2cc([C@@H]3O[C@H](COC(C)=O)[C@@H](OCc4ccccc4)[C@H](OCc4ccccc4)[C@H]3OCc3ccccc3)c(OCC=CCO)cc2Cl)cc1. The molecule has 0 radical (unpaired) electrons. The lowest BCUT2D eigenvalue weighted by molar-refractivity contribution is -0.273. The van der Waals surface area contributed by atoms with E-state index in [1.807, 2.05) is 128 Å². The monoisotopic (exact) mass is 806 g/mol. The first kappa shape index (κ1) is 42.6. The number of carbonyl (C=O) groups is 1. The topological polar surface area (TPSA) is 102 Å². The molecule has 0 spiro atoms. The van der Waals surface area contributed by atoms with Gasteiger partial charge in [-0.3, -0.25) is 4.79 Å². The molecule has 0 unspecified atom stereocenters. The lowest BCUT2D eigenvalue weighted by atomic mass is 9.88. The van der Waals surface area contributed by atoms with Crippen molar-refractivity contribution >= 4 is 17.6 Å². The average Bonchev–Trinajstić information content (AvgIpc) is 3.25. The minimum atomic E-state index is -0.810. The molecule has 0 aromatic heterocycles. The van der Waals surface area contributed by atoms with Crippen LogP contribution in [0.2, 0.25) is 5.02 Å². The molecule has 6 rings (SSSR count). The lowest BCUT2D eigenvalue weighted by Crippen LogP contribution is -2.58. The van der Waals surface area contributed by atoms with Crippen molar-refractivity contribution in [3.8, 4) is 11.5 Å². The minimum Gasteiger partial charge on any atom is -0.494 e. The third kappa shape index (κ3) is 12.3. The van der Waals surface area contributed by atoms with E-state index in [0.717, 1.165) is 33.6 Å². The van der Waals surface area contributed by atoms with E-state index in [1.165, 1.54) is 6.92 Å². The summed E-state index contributed by atoms with van der Waals surface area (Å²) in [6.45, 7) is 4.61. The number of esters is 1. The zero-order chi connectivity index (χ0) is 40.5. The van der Waals surface area contributed by atoms with E-state index in [-0.39, 0.29) is 39.6 Å². The Bertz CT molecular complexity index is 2010. The zero-order valence-electron chi connectivity index (χ0n) is 32.9. The first-order valence-electron chi connectivity index (χ1n) is 19.6. The number of aliphatic hydroxyl groups is 1. The number of carbonyl (C=O) groups excluding carboxylic acids is 1. The second-order valence-electron chi connectivity index (χ2n) is 13.9. The Morgan fingerprint density at radius 1 is 0.707 bits per heavy atom. The van der Waals surface area contributed by atoms with E-state index >= 15 is 0 Å². The summed E-state index contributed by atoms with van der Waals surface area (Å²) in [4.78, 5) is 12.3. The van der Waals surface area contributed by atoms with Gasteiger partial charge in [-0.2, -0.15) is 0 Å². The van der Waals surface area contributed by atoms with E-state index in [9.17, 15) is 9.90 Å². The Kier molecular flexibility index (Phi) is 16.3. The molecule has 0 saturated carbocycles. The molecule has 1 saturated heterocycles. The van der Waals surface area contributed by atoms with Gasteiger partial charge in [0, 0.05) is 17.5 Å². The van der Waals surface area contributed by atoms with Gasteiger partial charge in [0.2, 0.25) is 0 Å². The molecular formula is C48H51ClO9. The molecule has 10 heteroatoms. The van der Waals surface area contributed by atoms with Crippen molar-refractivity contribution in [3.63, 3.8) is 0 Å². The van der Waals surface area contributed by atoms with Crippen LogP contribution >= 0.6 is 11.6 Å². The molecule has 5 aromatic rings. The molecule has 1 N–H and O–H groups in total. The summed E-state index contributed by atoms with van der Waals surface area (Å²) >= 11 is 7.03. The fraction of sp³-hybridized carbons (Fsp3) is 0.312. The van der Waals surface area contributed by atoms with Crippen LogP contribution < -0.4 is 9.47 Å². The van der Waals surface area contributed by atoms with Crippen LogP contribution in [0, 0.1) is 0 Å². The molecule has 304 valence electrons. The predicted molar refractivity (Wildman–Crippen MR) is 223 cm³/mol. The van der Waals surface area contributed by atoms with Gasteiger partial charge < -0.3 is 38.3 Å². The summed E-state index contributed by atoms with van der Waals surface area (Å²) in [5.41, 5.74) is 5.43. The van der Waals surface area contributed by atoms with Gasteiger partial charge in [0.1, 0.15) is 55.2 Å². The maximum atomic E-state index is 12.3. The molecule has 1 fully saturated rings. The molecule has 5 aromatic carbocycles. The second-order valence-corrected chi connectivity index (χ2v) is 14.3. The highest BCUT2D eigenvalue weighted by molar-refractivity contribution is 6.31. The van der Waals surface area contributed by atoms with Crippen LogP contribution in [0.5, 0.6) is 11.5 Å². The van der Waals surface area contributed by atoms with E-state index < -0.39 is 36.5 Å². The summed E-state index contributed by atoms with van der Waals surface area (Å²) < 4.78 is 45.3. The Labute approximate surface area is 346 Å². The van der Waals surface area contributed by atoms with Gasteiger partial charge in [0.25, 0.3) is 0 Å². The first-order valence-corrected chi connectivity index (χ1v) is 20.0. The Morgan fingerprint density at radius 3 is 1.83 bits per heavy atom. The first-order chi connectivity index (χ1) is 28.4. The quantitative estimate of drug-likeness (QED) is 0.0610. The highest BCUT2D eigenvalue weighted by atomic mass is 35.5. The van der Waals surface area contributed by atoms with Crippen LogP contribution in [0.1, 0.15) is 53.3 Å². The van der Waals surface area contributed by atoms with Crippen LogP contribution in [0.4, 0.5) is 0 Å². The predicted octanol–water partition coefficient (Wildman–Crippen LogP) is 9.02. The molecule has 58 heavy (non-hydrogen) atoms. The zero-order valence-corrected chi connectivity index (χ0v) is 33.7. The van der Waals surface area contributed by atoms with Crippen LogP contribution in [-0.2, 0) is 54.7 Å². The third-order valence-corrected chi connectivity index (χ3v) is 10.0. The maximum absolute atomic E-state index is 12.3. The molecule has 9 nitrogen and oxygen atoms in total. The van der Waals surface area contributed by atoms with Crippen molar-refractivity contribution in [1.82, 2.24) is 0 Å². The molecule has 1 aliphatic heterocycles. The van der Waals surface area contributed by atoms with Gasteiger partial charge >= 0.3 is 5.97 Å². The number of halogens is 1. The summed E-state index contributed by atoms with van der Waals surface area (Å²) in [5.74, 6) is 0.809. The highest BCUT2D eigenvalue weighted by Gasteiger charge is 2.50. The standard InChI is InChI=1S/C48H51ClO9/c1-3-52-40-23-21-35(22-24-40)27-39-28-41(43(29-42(39)49)53-26-14-13-25-50)45-47(56-31-37-17-9-5-10-18-37)48(57-32-38-19-11-6-12-20-38)46(44(58-45)33-54-34(2)51)55-30-36-15-7-4-8-16-36/h4-24,28-29,44-48,50H,3,25-27,30-33H2,1-2H3/t44-,45+,46-,47+,48+/m1/s1. The largest absolute Gasteiger partial charge is 0.494 e. The van der Waals surface area contributed by atoms with E-state index in [0.29, 0.717) is 29.4 Å². The third-order valence-electron chi connectivity index (χ3n) is 9.66. The van der Waals surface area contributed by atoms with Crippen molar-refractivity contribution < 1.29 is 43.1 Å². The summed E-state index contributed by atoms with van der Waals surface area (Å²) in [5, 5.41) is 9.94. The van der Waals surface area contributed by atoms with E-state index in [2.05, 4.69) is 0 Å². The fourth-order valence-corrected chi connectivity index (χ4v) is 7.06. The number of hydrogen-bond donors (Lipinski definition) is 1. The van der Waals surface area contributed by atoms with Crippen LogP contribution in [0.15, 0.2) is 140 Å². The molecule has 0 bridgehead atoms. The van der Waals surface area contributed by atoms with Crippen molar-refractivity contribution in [1.29, 1.82) is 0 Å². The number of ether oxygens (including phenoxy) is 7. The molecule has 0 aliphatic carbocycles. The Morgan fingerprint density at radius 2 is 1.28 bits per heavy atom. The van der Waals surface area contributed by atoms with Crippen molar-refractivity contribution in [2.45, 2.75) is 70.6 Å². The Balaban J connectivity index is 1.46. The van der Waals surface area contributed by atoms with E-state index in [4.69, 9.17) is 44.8 Å². The van der Waals surface area contributed by atoms with Gasteiger partial charge in [-0.05, 0) is 71.5 Å². The smallest absolute Gasteiger partial charge is 0.302 e. The minimum absolute atomic E-state index is 0.0933. The van der Waals surface area contributed by atoms with Crippen LogP contribution in [-0.4, -0.2) is 61.9 Å². The number of rotatable bonds is 20. The van der Waals surface area contributed by atoms with Crippen LogP contribution in [0.25, 0.3) is 0 Å². The molecular weight excluding hydrogens is 756 g/mol. The number of aliphatic hydroxyl groups excluding tert-OH is 1. The average molecular weight is 807 g/mol. The van der Waals surface area contributed by atoms with Gasteiger partial charge in [0.05, 0.1) is 33.0 Å². The van der Waals surface area contributed by atoms with Crippen molar-refractivity contribution in [2.75, 3.05) is 26.4 Å². The summed E-state index contributed by atoms with van der Waals surface area (Å²) in [6.07, 6.45) is 0.0668. The van der Waals surface area contributed by atoms with Gasteiger partial charge in [-0.1, -0.05) is 121 Å². The molecule has 0 amide bonds. The molecule has 1 aliphatic rings. The highest BCUT2D eigenvalue weighted by Crippen LogP contribution is 2.43. The van der Waals surface area contributed by atoms with Gasteiger partial charge in [0.15, 0.2) is 0 Å². The maximum Gasteiger partial charge on any atom is 0.302 e. The van der Waals surface area contributed by atoms with Gasteiger partial charge in [-0.15, -0.1) is 0 Å². The normalized spacial score (nSPS) is 19.2.